The Balaban J connectivity index is 2.48. The summed E-state index contributed by atoms with van der Waals surface area (Å²) in [6, 6.07) is 0.0742. The second-order valence-electron chi connectivity index (χ2n) is 4.72. The molecule has 1 saturated carbocycles. The van der Waals surface area contributed by atoms with Crippen molar-refractivity contribution >= 4 is 0 Å². The third kappa shape index (κ3) is 5.25. The maximum atomic E-state index is 12.2. The SMILES string of the molecule is CCNC1CCC(CC)CC1OCC(F)(F)F. The van der Waals surface area contributed by atoms with Gasteiger partial charge in [0.1, 0.15) is 6.61 Å². The number of likely N-dealkylation sites (N-methyl/N-ethyl adjacent to an activating group) is 1. The smallest absolute Gasteiger partial charge is 0.367 e. The van der Waals surface area contributed by atoms with Crippen LogP contribution in [0.1, 0.15) is 39.5 Å². The fraction of sp³-hybridized carbons (Fsp3) is 1.00. The molecule has 1 rings (SSSR count). The van der Waals surface area contributed by atoms with E-state index in [1.54, 1.807) is 0 Å². The number of rotatable bonds is 5. The van der Waals surface area contributed by atoms with Gasteiger partial charge in [-0.2, -0.15) is 13.2 Å². The van der Waals surface area contributed by atoms with Crippen LogP contribution in [0.3, 0.4) is 0 Å². The Labute approximate surface area is 101 Å². The van der Waals surface area contributed by atoms with Gasteiger partial charge in [0.2, 0.25) is 0 Å². The fourth-order valence-corrected chi connectivity index (χ4v) is 2.46. The van der Waals surface area contributed by atoms with E-state index in [0.717, 1.165) is 32.2 Å². The van der Waals surface area contributed by atoms with Gasteiger partial charge in [0.15, 0.2) is 0 Å². The molecule has 0 saturated heterocycles. The van der Waals surface area contributed by atoms with Gasteiger partial charge in [0.25, 0.3) is 0 Å². The van der Waals surface area contributed by atoms with Gasteiger partial charge < -0.3 is 10.1 Å². The molecule has 0 aromatic heterocycles. The summed E-state index contributed by atoms with van der Waals surface area (Å²) in [5.41, 5.74) is 0. The summed E-state index contributed by atoms with van der Waals surface area (Å²) in [5.74, 6) is 0.503. The molecule has 5 heteroatoms. The first-order valence-electron chi connectivity index (χ1n) is 6.38. The lowest BCUT2D eigenvalue weighted by molar-refractivity contribution is -0.192. The van der Waals surface area contributed by atoms with Crippen LogP contribution in [0.4, 0.5) is 13.2 Å². The van der Waals surface area contributed by atoms with E-state index in [1.807, 2.05) is 6.92 Å². The van der Waals surface area contributed by atoms with Gasteiger partial charge in [0.05, 0.1) is 6.10 Å². The Kier molecular flexibility index (Phi) is 5.73. The van der Waals surface area contributed by atoms with Gasteiger partial charge in [0, 0.05) is 6.04 Å². The minimum absolute atomic E-state index is 0.0742. The fourth-order valence-electron chi connectivity index (χ4n) is 2.46. The van der Waals surface area contributed by atoms with E-state index in [1.165, 1.54) is 0 Å². The van der Waals surface area contributed by atoms with Crippen LogP contribution in [0.25, 0.3) is 0 Å². The largest absolute Gasteiger partial charge is 0.411 e. The Morgan fingerprint density at radius 2 is 1.94 bits per heavy atom. The van der Waals surface area contributed by atoms with Crippen molar-refractivity contribution in [1.82, 2.24) is 5.32 Å². The molecule has 3 atom stereocenters. The van der Waals surface area contributed by atoms with Crippen molar-refractivity contribution in [3.63, 3.8) is 0 Å². The van der Waals surface area contributed by atoms with Crippen LogP contribution < -0.4 is 5.32 Å². The van der Waals surface area contributed by atoms with E-state index in [9.17, 15) is 13.2 Å². The second kappa shape index (κ2) is 6.59. The molecule has 0 radical (unpaired) electrons. The molecule has 17 heavy (non-hydrogen) atoms. The quantitative estimate of drug-likeness (QED) is 0.812. The predicted molar refractivity (Wildman–Crippen MR) is 60.9 cm³/mol. The summed E-state index contributed by atoms with van der Waals surface area (Å²) >= 11 is 0. The van der Waals surface area contributed by atoms with Gasteiger partial charge in [-0.25, -0.2) is 0 Å². The molecule has 1 fully saturated rings. The van der Waals surface area contributed by atoms with Gasteiger partial charge >= 0.3 is 6.18 Å². The molecule has 1 N–H and O–H groups in total. The molecule has 0 bridgehead atoms. The van der Waals surface area contributed by atoms with Crippen molar-refractivity contribution in [2.45, 2.75) is 57.9 Å². The zero-order valence-corrected chi connectivity index (χ0v) is 10.5. The highest BCUT2D eigenvalue weighted by Gasteiger charge is 2.34. The molecule has 1 aliphatic rings. The van der Waals surface area contributed by atoms with Crippen molar-refractivity contribution in [3.8, 4) is 0 Å². The van der Waals surface area contributed by atoms with E-state index in [2.05, 4.69) is 12.2 Å². The summed E-state index contributed by atoms with van der Waals surface area (Å²) in [6.07, 6.45) is -0.768. The molecular formula is C12H22F3NO. The minimum Gasteiger partial charge on any atom is -0.367 e. The van der Waals surface area contributed by atoms with Crippen LogP contribution in [-0.2, 0) is 4.74 Å². The summed E-state index contributed by atoms with van der Waals surface area (Å²) < 4.78 is 41.5. The van der Waals surface area contributed by atoms with Gasteiger partial charge in [-0.1, -0.05) is 20.3 Å². The molecule has 1 aliphatic carbocycles. The van der Waals surface area contributed by atoms with Gasteiger partial charge in [-0.15, -0.1) is 0 Å². The Morgan fingerprint density at radius 3 is 2.47 bits per heavy atom. The average Bonchev–Trinajstić information content (AvgIpc) is 2.27. The highest BCUT2D eigenvalue weighted by molar-refractivity contribution is 4.85. The van der Waals surface area contributed by atoms with Crippen LogP contribution in [0.2, 0.25) is 0 Å². The molecular weight excluding hydrogens is 231 g/mol. The minimum atomic E-state index is -4.23. The number of alkyl halides is 3. The molecule has 0 heterocycles. The molecule has 2 nitrogen and oxygen atoms in total. The maximum absolute atomic E-state index is 12.2. The lowest BCUT2D eigenvalue weighted by Gasteiger charge is -2.36. The number of hydrogen-bond donors (Lipinski definition) is 1. The zero-order valence-electron chi connectivity index (χ0n) is 10.5. The van der Waals surface area contributed by atoms with Crippen LogP contribution in [0, 0.1) is 5.92 Å². The Morgan fingerprint density at radius 1 is 1.24 bits per heavy atom. The maximum Gasteiger partial charge on any atom is 0.411 e. The van der Waals surface area contributed by atoms with Crippen molar-refractivity contribution in [3.05, 3.63) is 0 Å². The standard InChI is InChI=1S/C12H22F3NO/c1-3-9-5-6-10(16-4-2)11(7-9)17-8-12(13,14)15/h9-11,16H,3-8H2,1-2H3. The zero-order chi connectivity index (χ0) is 12.9. The van der Waals surface area contributed by atoms with Crippen molar-refractivity contribution in [2.24, 2.45) is 5.92 Å². The lowest BCUT2D eigenvalue weighted by atomic mass is 9.82. The summed E-state index contributed by atoms with van der Waals surface area (Å²) in [6.45, 7) is 3.69. The Bertz CT molecular complexity index is 220. The number of halogens is 3. The monoisotopic (exact) mass is 253 g/mol. The molecule has 0 spiro atoms. The lowest BCUT2D eigenvalue weighted by Crippen LogP contribution is -2.46. The molecule has 0 aromatic rings. The predicted octanol–water partition coefficient (Wildman–Crippen LogP) is 3.12. The topological polar surface area (TPSA) is 21.3 Å². The number of hydrogen-bond acceptors (Lipinski definition) is 2. The average molecular weight is 253 g/mol. The normalized spacial score (nSPS) is 30.5. The molecule has 0 amide bonds. The van der Waals surface area contributed by atoms with E-state index < -0.39 is 12.8 Å². The van der Waals surface area contributed by atoms with Crippen LogP contribution in [0.15, 0.2) is 0 Å². The van der Waals surface area contributed by atoms with E-state index in [0.29, 0.717) is 5.92 Å². The van der Waals surface area contributed by atoms with Crippen LogP contribution in [-0.4, -0.2) is 31.5 Å². The van der Waals surface area contributed by atoms with Crippen molar-refractivity contribution in [1.29, 1.82) is 0 Å². The Hall–Kier alpha value is -0.290. The highest BCUT2D eigenvalue weighted by Crippen LogP contribution is 2.30. The number of nitrogens with one attached hydrogen (secondary N) is 1. The third-order valence-corrected chi connectivity index (χ3v) is 3.41. The van der Waals surface area contributed by atoms with Gasteiger partial charge in [-0.3, -0.25) is 0 Å². The van der Waals surface area contributed by atoms with Crippen LogP contribution >= 0.6 is 0 Å². The first-order valence-corrected chi connectivity index (χ1v) is 6.38. The summed E-state index contributed by atoms with van der Waals surface area (Å²) in [5, 5.41) is 3.22. The second-order valence-corrected chi connectivity index (χ2v) is 4.72. The molecule has 3 unspecified atom stereocenters. The number of ether oxygens (including phenoxy) is 1. The molecule has 102 valence electrons. The van der Waals surface area contributed by atoms with Gasteiger partial charge in [-0.05, 0) is 31.7 Å². The summed E-state index contributed by atoms with van der Waals surface area (Å²) in [7, 11) is 0. The summed E-state index contributed by atoms with van der Waals surface area (Å²) in [4.78, 5) is 0. The molecule has 0 aliphatic heterocycles. The van der Waals surface area contributed by atoms with Crippen molar-refractivity contribution in [2.75, 3.05) is 13.2 Å². The van der Waals surface area contributed by atoms with E-state index in [-0.39, 0.29) is 12.1 Å². The third-order valence-electron chi connectivity index (χ3n) is 3.41. The highest BCUT2D eigenvalue weighted by atomic mass is 19.4. The van der Waals surface area contributed by atoms with E-state index in [4.69, 9.17) is 4.74 Å². The van der Waals surface area contributed by atoms with Crippen LogP contribution in [0.5, 0.6) is 0 Å². The van der Waals surface area contributed by atoms with Crippen molar-refractivity contribution < 1.29 is 17.9 Å². The first-order chi connectivity index (χ1) is 7.96. The first kappa shape index (κ1) is 14.8. The molecule has 0 aromatic carbocycles. The van der Waals surface area contributed by atoms with E-state index >= 15 is 0 Å².